The maximum Gasteiger partial charge on any atom is 0.0967 e. The second-order valence-corrected chi connectivity index (χ2v) is 4.51. The number of likely N-dealkylation sites (N-methyl/N-ethyl adjacent to an activating group) is 1. The van der Waals surface area contributed by atoms with Gasteiger partial charge in [-0.05, 0) is 19.2 Å². The molecule has 0 atom stereocenters. The van der Waals surface area contributed by atoms with Crippen LogP contribution in [0.25, 0.3) is 0 Å². The van der Waals surface area contributed by atoms with Crippen molar-refractivity contribution in [3.05, 3.63) is 42.0 Å². The molecule has 0 aliphatic carbocycles. The highest BCUT2D eigenvalue weighted by molar-refractivity contribution is 5.03. The highest BCUT2D eigenvalue weighted by atomic mass is 16.3. The number of aliphatic hydroxyl groups excluding tert-OH is 1. The number of rotatable bonds is 7. The van der Waals surface area contributed by atoms with Gasteiger partial charge in [-0.3, -0.25) is 14.6 Å². The predicted molar refractivity (Wildman–Crippen MR) is 71.4 cm³/mol. The summed E-state index contributed by atoms with van der Waals surface area (Å²) in [5.74, 6) is 0. The maximum absolute atomic E-state index is 8.84. The molecule has 0 fully saturated rings. The molecule has 0 unspecified atom stereocenters. The van der Waals surface area contributed by atoms with E-state index in [1.807, 2.05) is 41.0 Å². The van der Waals surface area contributed by atoms with E-state index >= 15 is 0 Å². The van der Waals surface area contributed by atoms with Crippen molar-refractivity contribution in [1.82, 2.24) is 24.9 Å². The smallest absolute Gasteiger partial charge is 0.0967 e. The van der Waals surface area contributed by atoms with E-state index in [-0.39, 0.29) is 6.61 Å². The third-order valence-corrected chi connectivity index (χ3v) is 2.82. The SMILES string of the molecule is CN(CCO)Cc1cn(CCc2ccccn2)nn1. The first kappa shape index (κ1) is 13.6. The van der Waals surface area contributed by atoms with Gasteiger partial charge in [0.15, 0.2) is 0 Å². The molecule has 0 aromatic carbocycles. The molecule has 0 aliphatic heterocycles. The van der Waals surface area contributed by atoms with E-state index in [1.165, 1.54) is 0 Å². The fourth-order valence-electron chi connectivity index (χ4n) is 1.82. The molecule has 0 saturated carbocycles. The van der Waals surface area contributed by atoms with Crippen molar-refractivity contribution in [2.45, 2.75) is 19.5 Å². The molecule has 0 radical (unpaired) electrons. The van der Waals surface area contributed by atoms with Gasteiger partial charge in [-0.15, -0.1) is 5.10 Å². The van der Waals surface area contributed by atoms with E-state index in [0.717, 1.165) is 24.4 Å². The summed E-state index contributed by atoms with van der Waals surface area (Å²) in [7, 11) is 1.95. The Morgan fingerprint density at radius 3 is 2.95 bits per heavy atom. The molecule has 0 bridgehead atoms. The summed E-state index contributed by atoms with van der Waals surface area (Å²) in [6.07, 6.45) is 4.58. The summed E-state index contributed by atoms with van der Waals surface area (Å²) in [6.45, 7) is 2.27. The van der Waals surface area contributed by atoms with Gasteiger partial charge in [0.05, 0.1) is 12.3 Å². The van der Waals surface area contributed by atoms with Crippen LogP contribution in [0.4, 0.5) is 0 Å². The number of hydrogen-bond donors (Lipinski definition) is 1. The number of aryl methyl sites for hydroxylation is 2. The lowest BCUT2D eigenvalue weighted by molar-refractivity contribution is 0.216. The van der Waals surface area contributed by atoms with Crippen molar-refractivity contribution >= 4 is 0 Å². The Labute approximate surface area is 112 Å². The third-order valence-electron chi connectivity index (χ3n) is 2.82. The highest BCUT2D eigenvalue weighted by Gasteiger charge is 2.04. The van der Waals surface area contributed by atoms with Crippen LogP contribution in [0.15, 0.2) is 30.6 Å². The molecule has 0 amide bonds. The van der Waals surface area contributed by atoms with E-state index in [2.05, 4.69) is 15.3 Å². The van der Waals surface area contributed by atoms with Crippen molar-refractivity contribution in [2.75, 3.05) is 20.2 Å². The quantitative estimate of drug-likeness (QED) is 0.778. The minimum atomic E-state index is 0.157. The van der Waals surface area contributed by atoms with Crippen LogP contribution in [0.1, 0.15) is 11.4 Å². The second kappa shape index (κ2) is 6.96. The van der Waals surface area contributed by atoms with Crippen molar-refractivity contribution < 1.29 is 5.11 Å². The molecule has 0 saturated heterocycles. The molecule has 102 valence electrons. The van der Waals surface area contributed by atoms with Gasteiger partial charge in [0.25, 0.3) is 0 Å². The Hall–Kier alpha value is -1.79. The number of aliphatic hydroxyl groups is 1. The molecule has 2 heterocycles. The Morgan fingerprint density at radius 1 is 1.32 bits per heavy atom. The van der Waals surface area contributed by atoms with Crippen molar-refractivity contribution in [3.8, 4) is 0 Å². The monoisotopic (exact) mass is 261 g/mol. The lowest BCUT2D eigenvalue weighted by Crippen LogP contribution is -2.21. The van der Waals surface area contributed by atoms with Gasteiger partial charge in [0, 0.05) is 44.1 Å². The topological polar surface area (TPSA) is 67.1 Å². The van der Waals surface area contributed by atoms with Crippen LogP contribution in [0.5, 0.6) is 0 Å². The third kappa shape index (κ3) is 4.42. The predicted octanol–water partition coefficient (Wildman–Crippen LogP) is 0.340. The van der Waals surface area contributed by atoms with Gasteiger partial charge in [-0.25, -0.2) is 0 Å². The number of pyridine rings is 1. The van der Waals surface area contributed by atoms with Gasteiger partial charge < -0.3 is 5.11 Å². The zero-order valence-electron chi connectivity index (χ0n) is 11.1. The molecule has 0 aliphatic rings. The first-order chi connectivity index (χ1) is 9.28. The van der Waals surface area contributed by atoms with Crippen molar-refractivity contribution in [2.24, 2.45) is 0 Å². The minimum Gasteiger partial charge on any atom is -0.395 e. The number of nitrogens with zero attached hydrogens (tertiary/aromatic N) is 5. The van der Waals surface area contributed by atoms with Crippen molar-refractivity contribution in [1.29, 1.82) is 0 Å². The van der Waals surface area contributed by atoms with Gasteiger partial charge >= 0.3 is 0 Å². The highest BCUT2D eigenvalue weighted by Crippen LogP contribution is 2.01. The standard InChI is InChI=1S/C13H19N5O/c1-17(8-9-19)10-13-11-18(16-15-13)7-5-12-4-2-3-6-14-12/h2-4,6,11,19H,5,7-10H2,1H3. The number of hydrogen-bond acceptors (Lipinski definition) is 5. The minimum absolute atomic E-state index is 0.157. The molecule has 6 nitrogen and oxygen atoms in total. The van der Waals surface area contributed by atoms with Crippen LogP contribution in [-0.4, -0.2) is 50.2 Å². The molecule has 2 aromatic heterocycles. The van der Waals surface area contributed by atoms with E-state index in [9.17, 15) is 0 Å². The summed E-state index contributed by atoms with van der Waals surface area (Å²) in [5, 5.41) is 17.1. The fourth-order valence-corrected chi connectivity index (χ4v) is 1.82. The van der Waals surface area contributed by atoms with Gasteiger partial charge in [-0.2, -0.15) is 0 Å². The largest absolute Gasteiger partial charge is 0.395 e. The lowest BCUT2D eigenvalue weighted by atomic mass is 10.3. The average molecular weight is 261 g/mol. The molecule has 19 heavy (non-hydrogen) atoms. The Morgan fingerprint density at radius 2 is 2.21 bits per heavy atom. The summed E-state index contributed by atoms with van der Waals surface area (Å²) < 4.78 is 1.83. The molecule has 6 heteroatoms. The molecule has 2 aromatic rings. The molecular formula is C13H19N5O. The second-order valence-electron chi connectivity index (χ2n) is 4.51. The number of aromatic nitrogens is 4. The van der Waals surface area contributed by atoms with Crippen LogP contribution in [0, 0.1) is 0 Å². The molecule has 1 N–H and O–H groups in total. The molecule has 0 spiro atoms. The maximum atomic E-state index is 8.84. The summed E-state index contributed by atoms with van der Waals surface area (Å²) in [4.78, 5) is 6.28. The summed E-state index contributed by atoms with van der Waals surface area (Å²) >= 11 is 0. The van der Waals surface area contributed by atoms with Gasteiger partial charge in [0.2, 0.25) is 0 Å². The first-order valence-electron chi connectivity index (χ1n) is 6.36. The average Bonchev–Trinajstić information content (AvgIpc) is 2.85. The van der Waals surface area contributed by atoms with Crippen LogP contribution >= 0.6 is 0 Å². The first-order valence-corrected chi connectivity index (χ1v) is 6.36. The molecular weight excluding hydrogens is 242 g/mol. The van der Waals surface area contributed by atoms with Gasteiger partial charge in [0.1, 0.15) is 0 Å². The molecule has 2 rings (SSSR count). The summed E-state index contributed by atoms with van der Waals surface area (Å²) in [5.41, 5.74) is 1.97. The normalized spacial score (nSPS) is 11.1. The summed E-state index contributed by atoms with van der Waals surface area (Å²) in [6, 6.07) is 5.90. The zero-order valence-corrected chi connectivity index (χ0v) is 11.1. The van der Waals surface area contributed by atoms with Crippen LogP contribution < -0.4 is 0 Å². The van der Waals surface area contributed by atoms with E-state index in [4.69, 9.17) is 5.11 Å². The zero-order chi connectivity index (χ0) is 13.5. The van der Waals surface area contributed by atoms with Gasteiger partial charge in [-0.1, -0.05) is 11.3 Å². The lowest BCUT2D eigenvalue weighted by Gasteiger charge is -2.11. The van der Waals surface area contributed by atoms with Crippen LogP contribution in [0.2, 0.25) is 0 Å². The Kier molecular flexibility index (Phi) is 5.00. The van der Waals surface area contributed by atoms with Crippen molar-refractivity contribution in [3.63, 3.8) is 0 Å². The Bertz CT molecular complexity index is 485. The van der Waals surface area contributed by atoms with E-state index in [1.54, 1.807) is 6.20 Å². The fraction of sp³-hybridized carbons (Fsp3) is 0.462. The van der Waals surface area contributed by atoms with E-state index in [0.29, 0.717) is 13.1 Å². The van der Waals surface area contributed by atoms with Crippen LogP contribution in [0.3, 0.4) is 0 Å². The Balaban J connectivity index is 1.84. The van der Waals surface area contributed by atoms with E-state index < -0.39 is 0 Å². The van der Waals surface area contributed by atoms with Crippen LogP contribution in [-0.2, 0) is 19.5 Å².